The maximum atomic E-state index is 10.6. The fraction of sp³-hybridized carbons (Fsp3) is 0.611. The van der Waals surface area contributed by atoms with Crippen molar-refractivity contribution < 1.29 is 4.92 Å². The number of non-ortho nitro benzene ring substituents is 1. The van der Waals surface area contributed by atoms with Gasteiger partial charge >= 0.3 is 0 Å². The number of rotatable bonds is 9. The molecule has 1 aliphatic heterocycles. The van der Waals surface area contributed by atoms with Crippen molar-refractivity contribution >= 4 is 17.3 Å². The number of guanidine groups is 1. The summed E-state index contributed by atoms with van der Waals surface area (Å²) in [5, 5.41) is 20.5. The largest absolute Gasteiger partial charge is 0.383 e. The molecule has 1 aromatic carbocycles. The Morgan fingerprint density at radius 1 is 1.15 bits per heavy atom. The van der Waals surface area contributed by atoms with Gasteiger partial charge in [-0.05, 0) is 45.0 Å². The smallest absolute Gasteiger partial charge is 0.269 e. The first kappa shape index (κ1) is 20.0. The van der Waals surface area contributed by atoms with Crippen LogP contribution in [0.2, 0.25) is 0 Å². The van der Waals surface area contributed by atoms with Crippen LogP contribution in [-0.4, -0.2) is 61.6 Å². The SMILES string of the molecule is CCNC(=NCCN1CCCCC1)NCCNc1ccc([N+](=O)[O-])cc1. The summed E-state index contributed by atoms with van der Waals surface area (Å²) in [5.74, 6) is 0.829. The highest BCUT2D eigenvalue weighted by Crippen LogP contribution is 2.14. The minimum absolute atomic E-state index is 0.101. The molecule has 0 aromatic heterocycles. The monoisotopic (exact) mass is 362 g/mol. The molecule has 0 aliphatic carbocycles. The van der Waals surface area contributed by atoms with Crippen LogP contribution in [0.15, 0.2) is 29.3 Å². The first-order valence-corrected chi connectivity index (χ1v) is 9.42. The highest BCUT2D eigenvalue weighted by Gasteiger charge is 2.09. The molecule has 0 unspecified atom stereocenters. The van der Waals surface area contributed by atoms with Crippen LogP contribution in [0, 0.1) is 10.1 Å². The molecule has 3 N–H and O–H groups in total. The van der Waals surface area contributed by atoms with Crippen LogP contribution in [-0.2, 0) is 0 Å². The summed E-state index contributed by atoms with van der Waals surface area (Å²) in [6.07, 6.45) is 3.96. The van der Waals surface area contributed by atoms with E-state index >= 15 is 0 Å². The van der Waals surface area contributed by atoms with Crippen molar-refractivity contribution in [2.45, 2.75) is 26.2 Å². The third kappa shape index (κ3) is 7.26. The molecular weight excluding hydrogens is 332 g/mol. The van der Waals surface area contributed by atoms with E-state index in [1.807, 2.05) is 0 Å². The zero-order valence-corrected chi connectivity index (χ0v) is 15.5. The van der Waals surface area contributed by atoms with E-state index in [4.69, 9.17) is 0 Å². The average molecular weight is 362 g/mol. The summed E-state index contributed by atoms with van der Waals surface area (Å²) >= 11 is 0. The molecule has 1 fully saturated rings. The molecule has 0 atom stereocenters. The molecule has 2 rings (SSSR count). The number of nitrogens with one attached hydrogen (secondary N) is 3. The Morgan fingerprint density at radius 3 is 2.54 bits per heavy atom. The van der Waals surface area contributed by atoms with E-state index in [0.717, 1.165) is 31.3 Å². The molecule has 1 aromatic rings. The molecule has 1 saturated heterocycles. The first-order valence-electron chi connectivity index (χ1n) is 9.42. The number of nitro groups is 1. The third-order valence-corrected chi connectivity index (χ3v) is 4.30. The highest BCUT2D eigenvalue weighted by atomic mass is 16.6. The topological polar surface area (TPSA) is 94.8 Å². The number of benzene rings is 1. The molecule has 0 bridgehead atoms. The van der Waals surface area contributed by atoms with Crippen molar-refractivity contribution in [1.82, 2.24) is 15.5 Å². The van der Waals surface area contributed by atoms with E-state index in [1.165, 1.54) is 44.5 Å². The highest BCUT2D eigenvalue weighted by molar-refractivity contribution is 5.79. The van der Waals surface area contributed by atoms with E-state index in [9.17, 15) is 10.1 Å². The van der Waals surface area contributed by atoms with Gasteiger partial charge in [0.05, 0.1) is 11.5 Å². The minimum Gasteiger partial charge on any atom is -0.383 e. The van der Waals surface area contributed by atoms with Crippen molar-refractivity contribution in [3.05, 3.63) is 34.4 Å². The van der Waals surface area contributed by atoms with Gasteiger partial charge in [-0.25, -0.2) is 0 Å². The standard InChI is InChI=1S/C18H30N6O2/c1-2-19-18(22-12-15-23-13-4-3-5-14-23)21-11-10-20-16-6-8-17(9-7-16)24(25)26/h6-9,20H,2-5,10-15H2,1H3,(H2,19,21,22). The molecule has 8 heteroatoms. The number of nitrogens with zero attached hydrogens (tertiary/aromatic N) is 3. The first-order chi connectivity index (χ1) is 12.7. The number of hydrogen-bond acceptors (Lipinski definition) is 5. The van der Waals surface area contributed by atoms with Crippen LogP contribution in [0.25, 0.3) is 0 Å². The lowest BCUT2D eigenvalue weighted by molar-refractivity contribution is -0.384. The number of aliphatic imine (C=N–C) groups is 1. The summed E-state index contributed by atoms with van der Waals surface area (Å²) in [7, 11) is 0. The van der Waals surface area contributed by atoms with Crippen molar-refractivity contribution in [2.24, 2.45) is 4.99 Å². The number of likely N-dealkylation sites (tertiary alicyclic amines) is 1. The molecular formula is C18H30N6O2. The van der Waals surface area contributed by atoms with E-state index in [0.29, 0.717) is 13.1 Å². The number of piperidine rings is 1. The van der Waals surface area contributed by atoms with Crippen LogP contribution in [0.5, 0.6) is 0 Å². The lowest BCUT2D eigenvalue weighted by atomic mass is 10.1. The lowest BCUT2D eigenvalue weighted by Gasteiger charge is -2.25. The molecule has 1 heterocycles. The molecule has 0 spiro atoms. The van der Waals surface area contributed by atoms with Crippen LogP contribution in [0.3, 0.4) is 0 Å². The quantitative estimate of drug-likeness (QED) is 0.205. The maximum Gasteiger partial charge on any atom is 0.269 e. The third-order valence-electron chi connectivity index (χ3n) is 4.30. The van der Waals surface area contributed by atoms with Crippen LogP contribution < -0.4 is 16.0 Å². The second-order valence-electron chi connectivity index (χ2n) is 6.32. The van der Waals surface area contributed by atoms with Crippen LogP contribution in [0.1, 0.15) is 26.2 Å². The van der Waals surface area contributed by atoms with Gasteiger partial charge in [0.25, 0.3) is 5.69 Å². The van der Waals surface area contributed by atoms with E-state index in [1.54, 1.807) is 12.1 Å². The second-order valence-corrected chi connectivity index (χ2v) is 6.32. The van der Waals surface area contributed by atoms with Gasteiger partial charge in [0, 0.05) is 44.0 Å². The van der Waals surface area contributed by atoms with Gasteiger partial charge < -0.3 is 20.9 Å². The second kappa shape index (κ2) is 11.3. The van der Waals surface area contributed by atoms with Crippen LogP contribution in [0.4, 0.5) is 11.4 Å². The molecule has 8 nitrogen and oxygen atoms in total. The summed E-state index contributed by atoms with van der Waals surface area (Å²) in [6, 6.07) is 6.44. The van der Waals surface area contributed by atoms with Crippen molar-refractivity contribution in [2.75, 3.05) is 51.1 Å². The zero-order valence-electron chi connectivity index (χ0n) is 15.5. The molecule has 144 valence electrons. The summed E-state index contributed by atoms with van der Waals surface area (Å²) in [5.41, 5.74) is 0.966. The van der Waals surface area contributed by atoms with E-state index < -0.39 is 4.92 Å². The molecule has 0 radical (unpaired) electrons. The Kier molecular flexibility index (Phi) is 8.68. The summed E-state index contributed by atoms with van der Waals surface area (Å²) in [6.45, 7) is 8.49. The number of anilines is 1. The normalized spacial score (nSPS) is 15.5. The Bertz CT molecular complexity index is 570. The van der Waals surface area contributed by atoms with Gasteiger partial charge in [0.15, 0.2) is 5.96 Å². The van der Waals surface area contributed by atoms with E-state index in [2.05, 4.69) is 32.8 Å². The van der Waals surface area contributed by atoms with E-state index in [-0.39, 0.29) is 5.69 Å². The fourth-order valence-corrected chi connectivity index (χ4v) is 2.92. The fourth-order valence-electron chi connectivity index (χ4n) is 2.92. The predicted molar refractivity (Wildman–Crippen MR) is 106 cm³/mol. The molecule has 0 amide bonds. The number of nitro benzene ring substituents is 1. The Balaban J connectivity index is 1.68. The van der Waals surface area contributed by atoms with Gasteiger partial charge in [-0.2, -0.15) is 0 Å². The van der Waals surface area contributed by atoms with Crippen molar-refractivity contribution in [1.29, 1.82) is 0 Å². The summed E-state index contributed by atoms with van der Waals surface area (Å²) < 4.78 is 0. The van der Waals surface area contributed by atoms with Gasteiger partial charge in [-0.15, -0.1) is 0 Å². The maximum absolute atomic E-state index is 10.6. The lowest BCUT2D eigenvalue weighted by Crippen LogP contribution is -2.40. The molecule has 1 aliphatic rings. The molecule has 0 saturated carbocycles. The predicted octanol–water partition coefficient (Wildman–Crippen LogP) is 2.05. The summed E-state index contributed by atoms with van der Waals surface area (Å²) in [4.78, 5) is 17.4. The Labute approximate surface area is 155 Å². The minimum atomic E-state index is -0.394. The van der Waals surface area contributed by atoms with Crippen molar-refractivity contribution in [3.63, 3.8) is 0 Å². The van der Waals surface area contributed by atoms with Crippen LogP contribution >= 0.6 is 0 Å². The molecule has 26 heavy (non-hydrogen) atoms. The van der Waals surface area contributed by atoms with Gasteiger partial charge in [0.2, 0.25) is 0 Å². The Hall–Kier alpha value is -2.35. The average Bonchev–Trinajstić information content (AvgIpc) is 2.66. The van der Waals surface area contributed by atoms with Gasteiger partial charge in [-0.3, -0.25) is 15.1 Å². The zero-order chi connectivity index (χ0) is 18.6. The Morgan fingerprint density at radius 2 is 1.88 bits per heavy atom. The van der Waals surface area contributed by atoms with Gasteiger partial charge in [-0.1, -0.05) is 6.42 Å². The van der Waals surface area contributed by atoms with Gasteiger partial charge in [0.1, 0.15) is 0 Å². The number of hydrogen-bond donors (Lipinski definition) is 3. The van der Waals surface area contributed by atoms with Crippen molar-refractivity contribution in [3.8, 4) is 0 Å².